The molecule has 0 N–H and O–H groups in total. The van der Waals surface area contributed by atoms with Crippen molar-refractivity contribution in [3.63, 3.8) is 0 Å². The zero-order valence-corrected chi connectivity index (χ0v) is 17.6. The Morgan fingerprint density at radius 2 is 1.76 bits per heavy atom. The summed E-state index contributed by atoms with van der Waals surface area (Å²) in [6.07, 6.45) is 3.92. The van der Waals surface area contributed by atoms with Gasteiger partial charge in [-0.1, -0.05) is 23.7 Å². The summed E-state index contributed by atoms with van der Waals surface area (Å²) in [7, 11) is 4.84. The van der Waals surface area contributed by atoms with Gasteiger partial charge in [0.1, 0.15) is 0 Å². The Kier molecular flexibility index (Phi) is 5.62. The highest BCUT2D eigenvalue weighted by atomic mass is 35.5. The van der Waals surface area contributed by atoms with Gasteiger partial charge in [0, 0.05) is 29.4 Å². The maximum Gasteiger partial charge on any atom is 0.204 e. The van der Waals surface area contributed by atoms with Crippen LogP contribution in [0, 0.1) is 0 Å². The van der Waals surface area contributed by atoms with Crippen molar-refractivity contribution in [1.29, 1.82) is 0 Å². The minimum atomic E-state index is 0.417. The molecule has 2 aromatic carbocycles. The molecule has 0 amide bonds. The Balaban J connectivity index is 1.76. The second-order valence-electron chi connectivity index (χ2n) is 7.11. The van der Waals surface area contributed by atoms with E-state index in [4.69, 9.17) is 25.8 Å². The van der Waals surface area contributed by atoms with Crippen LogP contribution in [0.3, 0.4) is 0 Å². The lowest BCUT2D eigenvalue weighted by atomic mass is 9.90. The van der Waals surface area contributed by atoms with E-state index in [1.807, 2.05) is 18.2 Å². The summed E-state index contributed by atoms with van der Waals surface area (Å²) in [5, 5.41) is 11.3. The average Bonchev–Trinajstić information content (AvgIpc) is 2.77. The van der Waals surface area contributed by atoms with Crippen LogP contribution >= 0.6 is 11.6 Å². The van der Waals surface area contributed by atoms with Gasteiger partial charge < -0.3 is 19.1 Å². The van der Waals surface area contributed by atoms with E-state index in [0.29, 0.717) is 23.2 Å². The minimum Gasteiger partial charge on any atom is -0.493 e. The molecule has 4 rings (SSSR count). The van der Waals surface area contributed by atoms with E-state index in [-0.39, 0.29) is 0 Å². The Morgan fingerprint density at radius 1 is 1.00 bits per heavy atom. The van der Waals surface area contributed by atoms with Crippen molar-refractivity contribution in [2.75, 3.05) is 39.3 Å². The van der Waals surface area contributed by atoms with Crippen molar-refractivity contribution >= 4 is 28.2 Å². The summed E-state index contributed by atoms with van der Waals surface area (Å²) in [5.41, 5.74) is 1.30. The number of aromatic nitrogens is 2. The van der Waals surface area contributed by atoms with Crippen LogP contribution in [0.25, 0.3) is 10.8 Å². The summed E-state index contributed by atoms with van der Waals surface area (Å²) in [4.78, 5) is 2.30. The number of halogens is 1. The molecule has 0 radical (unpaired) electrons. The molecule has 1 unspecified atom stereocenters. The third-order valence-electron chi connectivity index (χ3n) is 5.51. The standard InChI is InChI=1S/C22H24ClN3O3/c1-27-19-11-17-18(20(28-2)21(19)29-3)12-24-25-22(17)26-10-4-5-15(13-26)14-6-8-16(23)9-7-14/h6-9,11-12,15H,4-5,10,13H2,1-3H3. The van der Waals surface area contributed by atoms with Gasteiger partial charge in [-0.3, -0.25) is 0 Å². The van der Waals surface area contributed by atoms with Crippen LogP contribution in [-0.2, 0) is 0 Å². The molecule has 0 saturated carbocycles. The molecule has 1 fully saturated rings. The highest BCUT2D eigenvalue weighted by molar-refractivity contribution is 6.30. The van der Waals surface area contributed by atoms with Crippen molar-refractivity contribution in [2.45, 2.75) is 18.8 Å². The smallest absolute Gasteiger partial charge is 0.204 e. The predicted molar refractivity (Wildman–Crippen MR) is 115 cm³/mol. The van der Waals surface area contributed by atoms with E-state index in [1.165, 1.54) is 5.56 Å². The summed E-state index contributed by atoms with van der Waals surface area (Å²) in [6.45, 7) is 1.79. The van der Waals surface area contributed by atoms with Gasteiger partial charge in [0.2, 0.25) is 5.75 Å². The fourth-order valence-corrected chi connectivity index (χ4v) is 4.22. The van der Waals surface area contributed by atoms with Gasteiger partial charge >= 0.3 is 0 Å². The zero-order chi connectivity index (χ0) is 20.4. The van der Waals surface area contributed by atoms with Gasteiger partial charge in [-0.2, -0.15) is 5.10 Å². The number of hydrogen-bond acceptors (Lipinski definition) is 6. The van der Waals surface area contributed by atoms with Crippen molar-refractivity contribution < 1.29 is 14.2 Å². The van der Waals surface area contributed by atoms with Crippen LogP contribution in [0.2, 0.25) is 5.02 Å². The number of nitrogens with zero attached hydrogens (tertiary/aromatic N) is 3. The Labute approximate surface area is 175 Å². The maximum absolute atomic E-state index is 6.06. The van der Waals surface area contributed by atoms with Gasteiger partial charge in [0.25, 0.3) is 0 Å². The van der Waals surface area contributed by atoms with E-state index in [9.17, 15) is 0 Å². The zero-order valence-electron chi connectivity index (χ0n) is 16.8. The van der Waals surface area contributed by atoms with Crippen LogP contribution < -0.4 is 19.1 Å². The first kappa shape index (κ1) is 19.6. The monoisotopic (exact) mass is 413 g/mol. The minimum absolute atomic E-state index is 0.417. The SMILES string of the molecule is COc1cc2c(N3CCCC(c4ccc(Cl)cc4)C3)nncc2c(OC)c1OC. The van der Waals surface area contributed by atoms with Crippen molar-refractivity contribution in [3.05, 3.63) is 47.1 Å². The van der Waals surface area contributed by atoms with E-state index in [1.54, 1.807) is 27.5 Å². The number of piperidine rings is 1. The van der Waals surface area contributed by atoms with Gasteiger partial charge in [-0.25, -0.2) is 0 Å². The number of rotatable bonds is 5. The van der Waals surface area contributed by atoms with E-state index < -0.39 is 0 Å². The van der Waals surface area contributed by atoms with Crippen molar-refractivity contribution in [3.8, 4) is 17.2 Å². The number of benzene rings is 2. The van der Waals surface area contributed by atoms with Gasteiger partial charge in [-0.15, -0.1) is 5.10 Å². The second kappa shape index (κ2) is 8.33. The molecule has 0 bridgehead atoms. The second-order valence-corrected chi connectivity index (χ2v) is 7.55. The summed E-state index contributed by atoms with van der Waals surface area (Å²) in [6, 6.07) is 10.1. The van der Waals surface area contributed by atoms with Crippen LogP contribution in [0.1, 0.15) is 24.3 Å². The van der Waals surface area contributed by atoms with E-state index >= 15 is 0 Å². The molecule has 1 saturated heterocycles. The summed E-state index contributed by atoms with van der Waals surface area (Å²) < 4.78 is 16.7. The number of hydrogen-bond donors (Lipinski definition) is 0. The molecular formula is C22H24ClN3O3. The molecule has 7 heteroatoms. The summed E-state index contributed by atoms with van der Waals surface area (Å²) in [5.74, 6) is 3.02. The molecule has 0 aliphatic carbocycles. The van der Waals surface area contributed by atoms with Crippen LogP contribution in [0.15, 0.2) is 36.5 Å². The van der Waals surface area contributed by atoms with Gasteiger partial charge in [-0.05, 0) is 36.6 Å². The molecule has 3 aromatic rings. The molecule has 29 heavy (non-hydrogen) atoms. The lowest BCUT2D eigenvalue weighted by Crippen LogP contribution is -2.35. The largest absolute Gasteiger partial charge is 0.493 e. The Hall–Kier alpha value is -2.73. The van der Waals surface area contributed by atoms with Crippen molar-refractivity contribution in [1.82, 2.24) is 10.2 Å². The first-order valence-electron chi connectivity index (χ1n) is 9.61. The van der Waals surface area contributed by atoms with Gasteiger partial charge in [0.05, 0.1) is 32.9 Å². The van der Waals surface area contributed by atoms with E-state index in [0.717, 1.165) is 47.5 Å². The van der Waals surface area contributed by atoms with Crippen molar-refractivity contribution in [2.24, 2.45) is 0 Å². The molecule has 1 aromatic heterocycles. The highest BCUT2D eigenvalue weighted by Crippen LogP contribution is 2.45. The molecule has 6 nitrogen and oxygen atoms in total. The predicted octanol–water partition coefficient (Wildman–Crippen LogP) is 4.69. The van der Waals surface area contributed by atoms with Crippen LogP contribution in [-0.4, -0.2) is 44.6 Å². The van der Waals surface area contributed by atoms with Gasteiger partial charge in [0.15, 0.2) is 17.3 Å². The number of anilines is 1. The lowest BCUT2D eigenvalue weighted by Gasteiger charge is -2.34. The Morgan fingerprint density at radius 3 is 2.45 bits per heavy atom. The number of methoxy groups -OCH3 is 3. The topological polar surface area (TPSA) is 56.7 Å². The quantitative estimate of drug-likeness (QED) is 0.604. The highest BCUT2D eigenvalue weighted by Gasteiger charge is 2.26. The van der Waals surface area contributed by atoms with E-state index in [2.05, 4.69) is 27.2 Å². The molecule has 152 valence electrons. The fourth-order valence-electron chi connectivity index (χ4n) is 4.10. The average molecular weight is 414 g/mol. The molecule has 1 aliphatic rings. The maximum atomic E-state index is 6.06. The molecule has 1 aliphatic heterocycles. The molecule has 1 atom stereocenters. The normalized spacial score (nSPS) is 16.7. The Bertz CT molecular complexity index is 1010. The van der Waals surface area contributed by atoms with Crippen LogP contribution in [0.5, 0.6) is 17.2 Å². The summed E-state index contributed by atoms with van der Waals surface area (Å²) >= 11 is 6.06. The first-order chi connectivity index (χ1) is 14.2. The first-order valence-corrected chi connectivity index (χ1v) is 9.98. The molecule has 2 heterocycles. The third-order valence-corrected chi connectivity index (χ3v) is 5.76. The fraction of sp³-hybridized carbons (Fsp3) is 0.364. The number of fused-ring (bicyclic) bond motifs is 1. The number of ether oxygens (including phenoxy) is 3. The lowest BCUT2D eigenvalue weighted by molar-refractivity contribution is 0.327. The molecule has 0 spiro atoms. The van der Waals surface area contributed by atoms with Crippen LogP contribution in [0.4, 0.5) is 5.82 Å². The molecular weight excluding hydrogens is 390 g/mol. The third kappa shape index (κ3) is 3.65.